The first kappa shape index (κ1) is 35.1. The number of amides is 1. The number of piperidine rings is 1. The molecule has 51 heavy (non-hydrogen) atoms. The molecular formula is C37H46F2N8O4. The molecule has 4 saturated heterocycles. The maximum atomic E-state index is 14.7. The number of aromatic nitrogens is 2. The minimum Gasteiger partial charge on any atom is -0.494 e. The Kier molecular flexibility index (Phi) is 10.9. The van der Waals surface area contributed by atoms with Crippen LogP contribution in [0.5, 0.6) is 5.75 Å². The normalized spacial score (nSPS) is 21.1. The Morgan fingerprint density at radius 2 is 1.63 bits per heavy atom. The van der Waals surface area contributed by atoms with Crippen LogP contribution in [0.25, 0.3) is 0 Å². The van der Waals surface area contributed by atoms with Gasteiger partial charge in [0.05, 0.1) is 36.8 Å². The van der Waals surface area contributed by atoms with Crippen molar-refractivity contribution in [1.82, 2.24) is 19.8 Å². The van der Waals surface area contributed by atoms with Gasteiger partial charge < -0.3 is 25.0 Å². The van der Waals surface area contributed by atoms with Crippen LogP contribution in [0.15, 0.2) is 55.4 Å². The number of hydrogen-bond acceptors (Lipinski definition) is 11. The summed E-state index contributed by atoms with van der Waals surface area (Å²) in [7, 11) is 1.60. The molecule has 0 unspecified atom stereocenters. The van der Waals surface area contributed by atoms with E-state index in [1.54, 1.807) is 13.2 Å². The summed E-state index contributed by atoms with van der Waals surface area (Å²) in [6, 6.07) is 9.68. The van der Waals surface area contributed by atoms with Crippen molar-refractivity contribution in [2.24, 2.45) is 0 Å². The van der Waals surface area contributed by atoms with Crippen LogP contribution in [0.4, 0.5) is 37.5 Å². The van der Waals surface area contributed by atoms with Crippen LogP contribution in [0, 0.1) is 11.6 Å². The number of carbonyl (C=O) groups is 1. The Hall–Kier alpha value is -4.37. The summed E-state index contributed by atoms with van der Waals surface area (Å²) in [5.41, 5.74) is 2.38. The lowest BCUT2D eigenvalue weighted by Gasteiger charge is -2.45. The molecule has 0 radical (unpaired) electrons. The van der Waals surface area contributed by atoms with E-state index in [2.05, 4.69) is 41.9 Å². The number of rotatable bonds is 10. The van der Waals surface area contributed by atoms with Crippen molar-refractivity contribution in [3.63, 3.8) is 0 Å². The summed E-state index contributed by atoms with van der Waals surface area (Å²) in [6.07, 6.45) is 7.46. The second-order valence-electron chi connectivity index (χ2n) is 13.4. The van der Waals surface area contributed by atoms with Gasteiger partial charge in [-0.25, -0.2) is 23.8 Å². The van der Waals surface area contributed by atoms with Crippen LogP contribution in [-0.4, -0.2) is 104 Å². The van der Waals surface area contributed by atoms with Crippen LogP contribution in [-0.2, 0) is 14.4 Å². The van der Waals surface area contributed by atoms with Gasteiger partial charge in [0.2, 0.25) is 5.91 Å². The Balaban J connectivity index is 1.05. The largest absolute Gasteiger partial charge is 0.494 e. The first-order valence-corrected chi connectivity index (χ1v) is 17.8. The lowest BCUT2D eigenvalue weighted by Crippen LogP contribution is -2.55. The number of anilines is 5. The van der Waals surface area contributed by atoms with Crippen molar-refractivity contribution in [2.45, 2.75) is 50.2 Å². The van der Waals surface area contributed by atoms with Crippen molar-refractivity contribution >= 4 is 34.6 Å². The van der Waals surface area contributed by atoms with Gasteiger partial charge in [-0.1, -0.05) is 12.6 Å². The van der Waals surface area contributed by atoms with Gasteiger partial charge in [-0.15, -0.1) is 0 Å². The predicted molar refractivity (Wildman–Crippen MR) is 192 cm³/mol. The third-order valence-electron chi connectivity index (χ3n) is 10.5. The SMILES string of the molecule is C=CC(=O)Nc1cc(Nc2cc(N3OCC[C@@H]3c3ccc(F)cc3F)ncn2)c(OC)cc1N1CCC(N2CCN(C3CCOCC3)CC2)CC1. The molecule has 5 heterocycles. The van der Waals surface area contributed by atoms with E-state index in [0.29, 0.717) is 59.4 Å². The van der Waals surface area contributed by atoms with Gasteiger partial charge in [0.15, 0.2) is 5.82 Å². The van der Waals surface area contributed by atoms with E-state index in [1.807, 2.05) is 12.1 Å². The smallest absolute Gasteiger partial charge is 0.247 e. The summed E-state index contributed by atoms with van der Waals surface area (Å²) in [5, 5.41) is 7.82. The number of benzene rings is 2. The number of carbonyl (C=O) groups excluding carboxylic acids is 1. The van der Waals surface area contributed by atoms with Gasteiger partial charge in [0.1, 0.15) is 29.5 Å². The minimum absolute atomic E-state index is 0.319. The van der Waals surface area contributed by atoms with Crippen molar-refractivity contribution in [2.75, 3.05) is 86.8 Å². The second kappa shape index (κ2) is 15.9. The zero-order chi connectivity index (χ0) is 35.3. The Morgan fingerprint density at radius 1 is 0.902 bits per heavy atom. The number of halogens is 2. The number of piperazine rings is 1. The van der Waals surface area contributed by atoms with Gasteiger partial charge in [0.25, 0.3) is 0 Å². The zero-order valence-electron chi connectivity index (χ0n) is 29.0. The molecule has 272 valence electrons. The van der Waals surface area contributed by atoms with E-state index in [9.17, 15) is 13.6 Å². The predicted octanol–water partition coefficient (Wildman–Crippen LogP) is 5.28. The molecule has 2 N–H and O–H groups in total. The van der Waals surface area contributed by atoms with Gasteiger partial charge >= 0.3 is 0 Å². The fourth-order valence-corrected chi connectivity index (χ4v) is 7.79. The van der Waals surface area contributed by atoms with Crippen molar-refractivity contribution in [3.8, 4) is 5.75 Å². The van der Waals surface area contributed by atoms with Crippen LogP contribution in [0.3, 0.4) is 0 Å². The molecule has 14 heteroatoms. The highest BCUT2D eigenvalue weighted by molar-refractivity contribution is 6.02. The van der Waals surface area contributed by atoms with Crippen LogP contribution < -0.4 is 25.3 Å². The van der Waals surface area contributed by atoms with Gasteiger partial charge in [-0.3, -0.25) is 19.4 Å². The van der Waals surface area contributed by atoms with E-state index >= 15 is 0 Å². The first-order valence-electron chi connectivity index (χ1n) is 17.8. The molecule has 0 aliphatic carbocycles. The van der Waals surface area contributed by atoms with Crippen LogP contribution in [0.1, 0.15) is 43.7 Å². The van der Waals surface area contributed by atoms with Crippen molar-refractivity contribution in [1.29, 1.82) is 0 Å². The topological polar surface area (TPSA) is 108 Å². The van der Waals surface area contributed by atoms with Crippen LogP contribution >= 0.6 is 0 Å². The summed E-state index contributed by atoms with van der Waals surface area (Å²) >= 11 is 0. The molecule has 1 atom stereocenters. The number of hydrogen-bond donors (Lipinski definition) is 2. The molecule has 0 bridgehead atoms. The highest BCUT2D eigenvalue weighted by Gasteiger charge is 2.33. The van der Waals surface area contributed by atoms with E-state index in [4.69, 9.17) is 14.3 Å². The summed E-state index contributed by atoms with van der Waals surface area (Å²) < 4.78 is 39.7. The van der Waals surface area contributed by atoms with E-state index in [0.717, 1.165) is 89.9 Å². The highest BCUT2D eigenvalue weighted by Crippen LogP contribution is 2.41. The van der Waals surface area contributed by atoms with Gasteiger partial charge in [-0.05, 0) is 43.9 Å². The Morgan fingerprint density at radius 3 is 2.31 bits per heavy atom. The molecule has 0 saturated carbocycles. The monoisotopic (exact) mass is 704 g/mol. The molecule has 4 fully saturated rings. The van der Waals surface area contributed by atoms with E-state index < -0.39 is 17.7 Å². The van der Waals surface area contributed by atoms with E-state index in [1.165, 1.54) is 29.6 Å². The lowest BCUT2D eigenvalue weighted by atomic mass is 10.00. The van der Waals surface area contributed by atoms with Crippen molar-refractivity contribution in [3.05, 3.63) is 72.6 Å². The van der Waals surface area contributed by atoms with Crippen LogP contribution in [0.2, 0.25) is 0 Å². The minimum atomic E-state index is -0.644. The summed E-state index contributed by atoms with van der Waals surface area (Å²) in [4.78, 5) is 34.8. The molecule has 12 nitrogen and oxygen atoms in total. The Labute approximate surface area is 297 Å². The van der Waals surface area contributed by atoms with Crippen molar-refractivity contribution < 1.29 is 27.9 Å². The molecule has 7 rings (SSSR count). The average molecular weight is 705 g/mol. The molecule has 2 aromatic carbocycles. The fraction of sp³-hybridized carbons (Fsp3) is 0.486. The Bertz CT molecular complexity index is 1690. The lowest BCUT2D eigenvalue weighted by molar-refractivity contribution is -0.111. The maximum absolute atomic E-state index is 14.7. The molecule has 4 aliphatic rings. The molecule has 3 aromatic rings. The van der Waals surface area contributed by atoms with E-state index in [-0.39, 0.29) is 5.91 Å². The first-order chi connectivity index (χ1) is 24.9. The number of ether oxygens (including phenoxy) is 2. The van der Waals surface area contributed by atoms with Gasteiger partial charge in [0, 0.05) is 94.7 Å². The fourth-order valence-electron chi connectivity index (χ4n) is 7.79. The quantitative estimate of drug-likeness (QED) is 0.270. The third kappa shape index (κ3) is 7.93. The maximum Gasteiger partial charge on any atom is 0.247 e. The molecule has 4 aliphatic heterocycles. The number of nitrogens with zero attached hydrogens (tertiary/aromatic N) is 6. The average Bonchev–Trinajstić information content (AvgIpc) is 3.65. The molecule has 1 amide bonds. The number of nitrogens with one attached hydrogen (secondary N) is 2. The second-order valence-corrected chi connectivity index (χ2v) is 13.4. The standard InChI is InChI=1S/C37H46F2N8O4/c1-3-37(48)43-30-21-31(42-35-23-36(41-24-40-35)47-32(10-19-51-47)28-5-4-25(38)20-29(28)39)34(49-2)22-33(30)46-11-6-26(7-12-46)44-13-15-45(16-14-44)27-8-17-50-18-9-27/h3-5,20-24,26-27,32H,1,6-19H2,2H3,(H,43,48)(H,40,41,42)/t32-/m1/s1. The number of methoxy groups -OCH3 is 1. The van der Waals surface area contributed by atoms with Gasteiger partial charge in [-0.2, -0.15) is 0 Å². The molecular weight excluding hydrogens is 658 g/mol. The summed E-state index contributed by atoms with van der Waals surface area (Å²) in [6.45, 7) is 11.8. The summed E-state index contributed by atoms with van der Waals surface area (Å²) in [5.74, 6) is -0.203. The zero-order valence-corrected chi connectivity index (χ0v) is 29.0. The highest BCUT2D eigenvalue weighted by atomic mass is 19.1. The third-order valence-corrected chi connectivity index (χ3v) is 10.5. The number of hydroxylamine groups is 1. The molecule has 0 spiro atoms. The molecule has 1 aromatic heterocycles.